The first kappa shape index (κ1) is 11.0. The summed E-state index contributed by atoms with van der Waals surface area (Å²) in [6, 6.07) is 0. The van der Waals surface area contributed by atoms with E-state index < -0.39 is 0 Å². The van der Waals surface area contributed by atoms with Gasteiger partial charge in [0.2, 0.25) is 0 Å². The maximum absolute atomic E-state index is 9.79. The van der Waals surface area contributed by atoms with Crippen molar-refractivity contribution < 1.29 is 9.84 Å². The molecule has 4 unspecified atom stereocenters. The maximum Gasteiger partial charge on any atom is 0.0630 e. The lowest BCUT2D eigenvalue weighted by Crippen LogP contribution is -2.27. The van der Waals surface area contributed by atoms with Crippen LogP contribution in [0.3, 0.4) is 0 Å². The molecule has 0 bridgehead atoms. The number of ether oxygens (including phenoxy) is 1. The molecule has 1 aliphatic heterocycles. The molecular formula is C11H22O2. The van der Waals surface area contributed by atoms with E-state index in [1.807, 2.05) is 6.92 Å². The highest BCUT2D eigenvalue weighted by Gasteiger charge is 2.36. The predicted molar refractivity (Wildman–Crippen MR) is 53.6 cm³/mol. The van der Waals surface area contributed by atoms with Crippen molar-refractivity contribution in [1.29, 1.82) is 0 Å². The Morgan fingerprint density at radius 2 is 2.00 bits per heavy atom. The molecule has 1 aliphatic rings. The van der Waals surface area contributed by atoms with Gasteiger partial charge >= 0.3 is 0 Å². The molecule has 13 heavy (non-hydrogen) atoms. The Kier molecular flexibility index (Phi) is 4.20. The van der Waals surface area contributed by atoms with E-state index in [1.165, 1.54) is 0 Å². The molecule has 1 N–H and O–H groups in total. The summed E-state index contributed by atoms with van der Waals surface area (Å²) in [5.74, 6) is 0.375. The van der Waals surface area contributed by atoms with E-state index in [9.17, 15) is 5.11 Å². The quantitative estimate of drug-likeness (QED) is 0.730. The highest BCUT2D eigenvalue weighted by atomic mass is 16.5. The zero-order chi connectivity index (χ0) is 9.84. The van der Waals surface area contributed by atoms with Crippen LogP contribution in [0, 0.1) is 5.92 Å². The summed E-state index contributed by atoms with van der Waals surface area (Å²) < 4.78 is 5.84. The molecule has 78 valence electrons. The molecule has 2 heteroatoms. The predicted octanol–water partition coefficient (Wildman–Crippen LogP) is 2.35. The summed E-state index contributed by atoms with van der Waals surface area (Å²) >= 11 is 0. The molecule has 2 nitrogen and oxygen atoms in total. The first-order chi connectivity index (χ1) is 6.22. The van der Waals surface area contributed by atoms with Crippen molar-refractivity contribution in [3.63, 3.8) is 0 Å². The fourth-order valence-corrected chi connectivity index (χ4v) is 2.23. The van der Waals surface area contributed by atoms with Crippen LogP contribution in [0.2, 0.25) is 0 Å². The molecule has 0 aliphatic carbocycles. The van der Waals surface area contributed by atoms with Crippen molar-refractivity contribution in [3.8, 4) is 0 Å². The molecule has 1 heterocycles. The van der Waals surface area contributed by atoms with Crippen molar-refractivity contribution >= 4 is 0 Å². The van der Waals surface area contributed by atoms with Crippen molar-refractivity contribution in [1.82, 2.24) is 0 Å². The van der Waals surface area contributed by atoms with Crippen molar-refractivity contribution in [2.75, 3.05) is 0 Å². The van der Waals surface area contributed by atoms with Gasteiger partial charge in [0.15, 0.2) is 0 Å². The van der Waals surface area contributed by atoms with Gasteiger partial charge in [-0.25, -0.2) is 0 Å². The fourth-order valence-electron chi connectivity index (χ4n) is 2.23. The zero-order valence-corrected chi connectivity index (χ0v) is 8.99. The first-order valence-corrected chi connectivity index (χ1v) is 5.56. The monoisotopic (exact) mass is 186 g/mol. The molecule has 4 atom stereocenters. The largest absolute Gasteiger partial charge is 0.393 e. The minimum absolute atomic E-state index is 0.165. The molecule has 0 aromatic carbocycles. The third kappa shape index (κ3) is 2.44. The second-order valence-electron chi connectivity index (χ2n) is 3.99. The average Bonchev–Trinajstić information content (AvgIpc) is 2.59. The topological polar surface area (TPSA) is 29.5 Å². The van der Waals surface area contributed by atoms with Crippen LogP contribution in [0.4, 0.5) is 0 Å². The summed E-state index contributed by atoms with van der Waals surface area (Å²) in [7, 11) is 0. The lowest BCUT2D eigenvalue weighted by molar-refractivity contribution is 0.00416. The number of rotatable bonds is 4. The smallest absolute Gasteiger partial charge is 0.0630 e. The van der Waals surface area contributed by atoms with Crippen LogP contribution in [0.15, 0.2) is 0 Å². The fraction of sp³-hybridized carbons (Fsp3) is 1.00. The molecule has 0 aromatic heterocycles. The molecule has 1 saturated heterocycles. The van der Waals surface area contributed by atoms with E-state index in [0.29, 0.717) is 18.1 Å². The van der Waals surface area contributed by atoms with E-state index >= 15 is 0 Å². The summed E-state index contributed by atoms with van der Waals surface area (Å²) in [6.45, 7) is 6.33. The minimum atomic E-state index is -0.165. The van der Waals surface area contributed by atoms with Crippen LogP contribution in [-0.2, 0) is 4.74 Å². The third-order valence-electron chi connectivity index (χ3n) is 3.15. The Hall–Kier alpha value is -0.0800. The van der Waals surface area contributed by atoms with Crippen LogP contribution in [0.5, 0.6) is 0 Å². The lowest BCUT2D eigenvalue weighted by atomic mass is 9.90. The van der Waals surface area contributed by atoms with Crippen LogP contribution in [0.1, 0.15) is 46.5 Å². The maximum atomic E-state index is 9.79. The Bertz CT molecular complexity index is 147. The van der Waals surface area contributed by atoms with Gasteiger partial charge in [-0.05, 0) is 25.7 Å². The van der Waals surface area contributed by atoms with Gasteiger partial charge in [-0.2, -0.15) is 0 Å². The number of hydrogen-bond acceptors (Lipinski definition) is 2. The zero-order valence-electron chi connectivity index (χ0n) is 8.99. The van der Waals surface area contributed by atoms with Gasteiger partial charge in [0.05, 0.1) is 18.3 Å². The molecule has 0 saturated carbocycles. The molecular weight excluding hydrogens is 164 g/mol. The Labute approximate surface area is 81.3 Å². The van der Waals surface area contributed by atoms with Crippen molar-refractivity contribution in [2.45, 2.75) is 64.8 Å². The molecule has 1 rings (SSSR count). The van der Waals surface area contributed by atoms with Gasteiger partial charge in [0, 0.05) is 5.92 Å². The van der Waals surface area contributed by atoms with E-state index in [-0.39, 0.29) is 6.10 Å². The number of aliphatic hydroxyl groups excluding tert-OH is 1. The Morgan fingerprint density at radius 1 is 1.31 bits per heavy atom. The number of aliphatic hydroxyl groups is 1. The van der Waals surface area contributed by atoms with Gasteiger partial charge in [0.1, 0.15) is 0 Å². The average molecular weight is 186 g/mol. The van der Waals surface area contributed by atoms with Crippen molar-refractivity contribution in [2.24, 2.45) is 5.92 Å². The standard InChI is InChI=1S/C11H22O2/c1-4-8-7-9(10(12)5-2)11(6-3)13-8/h8-12H,4-7H2,1-3H3. The number of hydrogen-bond donors (Lipinski definition) is 1. The van der Waals surface area contributed by atoms with Gasteiger partial charge in [0.25, 0.3) is 0 Å². The third-order valence-corrected chi connectivity index (χ3v) is 3.15. The van der Waals surface area contributed by atoms with E-state index in [2.05, 4.69) is 13.8 Å². The summed E-state index contributed by atoms with van der Waals surface area (Å²) in [6.07, 6.45) is 4.50. The van der Waals surface area contributed by atoms with Crippen LogP contribution < -0.4 is 0 Å². The highest BCUT2D eigenvalue weighted by molar-refractivity contribution is 4.85. The van der Waals surface area contributed by atoms with E-state index in [0.717, 1.165) is 25.7 Å². The van der Waals surface area contributed by atoms with E-state index in [4.69, 9.17) is 4.74 Å². The molecule has 0 spiro atoms. The van der Waals surface area contributed by atoms with Gasteiger partial charge in [-0.15, -0.1) is 0 Å². The molecule has 0 radical (unpaired) electrons. The normalized spacial score (nSPS) is 36.5. The summed E-state index contributed by atoms with van der Waals surface area (Å²) in [4.78, 5) is 0. The lowest BCUT2D eigenvalue weighted by Gasteiger charge is -2.21. The molecule has 0 aromatic rings. The Balaban J connectivity index is 2.52. The van der Waals surface area contributed by atoms with Crippen LogP contribution in [-0.4, -0.2) is 23.4 Å². The Morgan fingerprint density at radius 3 is 2.46 bits per heavy atom. The summed E-state index contributed by atoms with van der Waals surface area (Å²) in [5.41, 5.74) is 0. The van der Waals surface area contributed by atoms with E-state index in [1.54, 1.807) is 0 Å². The second kappa shape index (κ2) is 4.97. The van der Waals surface area contributed by atoms with Gasteiger partial charge < -0.3 is 9.84 Å². The molecule has 0 amide bonds. The minimum Gasteiger partial charge on any atom is -0.393 e. The van der Waals surface area contributed by atoms with Crippen molar-refractivity contribution in [3.05, 3.63) is 0 Å². The van der Waals surface area contributed by atoms with Gasteiger partial charge in [-0.1, -0.05) is 20.8 Å². The van der Waals surface area contributed by atoms with Gasteiger partial charge in [-0.3, -0.25) is 0 Å². The van der Waals surface area contributed by atoms with Crippen LogP contribution in [0.25, 0.3) is 0 Å². The van der Waals surface area contributed by atoms with Crippen LogP contribution >= 0.6 is 0 Å². The summed E-state index contributed by atoms with van der Waals surface area (Å²) in [5, 5.41) is 9.79. The molecule has 1 fully saturated rings. The second-order valence-corrected chi connectivity index (χ2v) is 3.99. The highest BCUT2D eigenvalue weighted by Crippen LogP contribution is 2.33. The first-order valence-electron chi connectivity index (χ1n) is 5.56. The SMILES string of the molecule is CCC1CC(C(O)CC)C(CC)O1.